The number of ether oxygens (including phenoxy) is 1. The van der Waals surface area contributed by atoms with Crippen LogP contribution in [0.5, 0.6) is 11.6 Å². The topological polar surface area (TPSA) is 71.5 Å². The zero-order valence-electron chi connectivity index (χ0n) is 16.5. The first-order chi connectivity index (χ1) is 13.9. The maximum absolute atomic E-state index is 13.2. The number of hydrogen-bond acceptors (Lipinski definition) is 4. The second-order valence-electron chi connectivity index (χ2n) is 7.90. The number of aromatic nitrogens is 1. The molecule has 2 aliphatic rings. The molecule has 1 saturated carbocycles. The number of carbonyl (C=O) groups is 2. The average molecular weight is 414 g/mol. The van der Waals surface area contributed by atoms with Crippen LogP contribution < -0.4 is 15.0 Å². The van der Waals surface area contributed by atoms with Gasteiger partial charge < -0.3 is 10.1 Å². The number of hydrogen-bond donors (Lipinski definition) is 1. The molecule has 0 saturated heterocycles. The van der Waals surface area contributed by atoms with Gasteiger partial charge in [0.2, 0.25) is 11.8 Å². The fraction of sp³-hybridized carbons (Fsp3) is 0.409. The van der Waals surface area contributed by atoms with E-state index in [0.29, 0.717) is 33.9 Å². The van der Waals surface area contributed by atoms with Crippen molar-refractivity contribution in [3.05, 3.63) is 47.1 Å². The van der Waals surface area contributed by atoms with E-state index in [-0.39, 0.29) is 30.3 Å². The van der Waals surface area contributed by atoms with Crippen molar-refractivity contribution >= 4 is 29.1 Å². The van der Waals surface area contributed by atoms with E-state index < -0.39 is 0 Å². The lowest BCUT2D eigenvalue weighted by atomic mass is 9.78. The third kappa shape index (κ3) is 3.94. The molecule has 1 aliphatic carbocycles. The van der Waals surface area contributed by atoms with Gasteiger partial charge in [0.15, 0.2) is 5.75 Å². The van der Waals surface area contributed by atoms with Gasteiger partial charge in [-0.1, -0.05) is 38.3 Å². The highest BCUT2D eigenvalue weighted by Gasteiger charge is 2.32. The lowest BCUT2D eigenvalue weighted by Crippen LogP contribution is -2.48. The van der Waals surface area contributed by atoms with E-state index in [1.165, 1.54) is 11.3 Å². The number of fused-ring (bicyclic) bond motifs is 2. The third-order valence-corrected chi connectivity index (χ3v) is 6.26. The first-order valence-corrected chi connectivity index (χ1v) is 10.4. The lowest BCUT2D eigenvalue weighted by Gasteiger charge is -2.35. The number of carbonyl (C=O) groups excluding carboxylic acids is 2. The number of amides is 2. The zero-order valence-corrected chi connectivity index (χ0v) is 17.3. The SMILES string of the molecule is C[C@@H]1[C@H](C)CCC[C@H]1NC(=O)CN1C(=O)c2cccnc2Oc2ccc(Cl)cc21. The minimum absolute atomic E-state index is 0.110. The smallest absolute Gasteiger partial charge is 0.264 e. The van der Waals surface area contributed by atoms with Gasteiger partial charge in [-0.05, 0) is 48.6 Å². The van der Waals surface area contributed by atoms with Crippen LogP contribution in [0.2, 0.25) is 5.02 Å². The van der Waals surface area contributed by atoms with Crippen molar-refractivity contribution in [2.45, 2.75) is 39.2 Å². The van der Waals surface area contributed by atoms with Gasteiger partial charge >= 0.3 is 0 Å². The molecular weight excluding hydrogens is 390 g/mol. The van der Waals surface area contributed by atoms with Crippen LogP contribution in [-0.4, -0.2) is 29.4 Å². The first kappa shape index (κ1) is 19.7. The standard InChI is InChI=1S/C22H24ClN3O3/c1-13-5-3-7-17(14(13)2)25-20(27)12-26-18-11-15(23)8-9-19(18)29-21-16(22(26)28)6-4-10-24-21/h4,6,8-11,13-14,17H,3,5,7,12H2,1-2H3,(H,25,27)/t13-,14-,17-/m1/s1. The summed E-state index contributed by atoms with van der Waals surface area (Å²) in [7, 11) is 0. The summed E-state index contributed by atoms with van der Waals surface area (Å²) in [6.45, 7) is 4.29. The molecule has 0 bridgehead atoms. The van der Waals surface area contributed by atoms with E-state index in [4.69, 9.17) is 16.3 Å². The maximum Gasteiger partial charge on any atom is 0.264 e. The van der Waals surface area contributed by atoms with Crippen molar-refractivity contribution in [2.75, 3.05) is 11.4 Å². The largest absolute Gasteiger partial charge is 0.436 e. The summed E-state index contributed by atoms with van der Waals surface area (Å²) in [5, 5.41) is 3.59. The molecule has 152 valence electrons. The summed E-state index contributed by atoms with van der Waals surface area (Å²) < 4.78 is 5.86. The zero-order chi connectivity index (χ0) is 20.5. The van der Waals surface area contributed by atoms with Gasteiger partial charge in [-0.2, -0.15) is 0 Å². The lowest BCUT2D eigenvalue weighted by molar-refractivity contribution is -0.121. The Hall–Kier alpha value is -2.60. The molecule has 2 heterocycles. The maximum atomic E-state index is 13.2. The first-order valence-electron chi connectivity index (χ1n) is 9.97. The molecule has 1 fully saturated rings. The van der Waals surface area contributed by atoms with Gasteiger partial charge in [0, 0.05) is 17.3 Å². The molecule has 3 atom stereocenters. The monoisotopic (exact) mass is 413 g/mol. The summed E-state index contributed by atoms with van der Waals surface area (Å²) in [5.41, 5.74) is 0.771. The molecule has 0 radical (unpaired) electrons. The third-order valence-electron chi connectivity index (χ3n) is 6.02. The molecule has 0 unspecified atom stereocenters. The van der Waals surface area contributed by atoms with Crippen LogP contribution in [0.15, 0.2) is 36.5 Å². The summed E-state index contributed by atoms with van der Waals surface area (Å²) in [4.78, 5) is 31.7. The van der Waals surface area contributed by atoms with Crippen LogP contribution in [0.25, 0.3) is 0 Å². The number of halogens is 1. The number of anilines is 1. The van der Waals surface area contributed by atoms with Crippen LogP contribution in [-0.2, 0) is 4.79 Å². The van der Waals surface area contributed by atoms with E-state index in [2.05, 4.69) is 24.1 Å². The summed E-state index contributed by atoms with van der Waals surface area (Å²) in [6, 6.07) is 8.45. The Morgan fingerprint density at radius 3 is 2.97 bits per heavy atom. The fourth-order valence-corrected chi connectivity index (χ4v) is 4.29. The van der Waals surface area contributed by atoms with Crippen LogP contribution in [0.1, 0.15) is 43.5 Å². The van der Waals surface area contributed by atoms with Gasteiger partial charge in [-0.25, -0.2) is 4.98 Å². The normalized spacial score (nSPS) is 23.5. The van der Waals surface area contributed by atoms with Crippen LogP contribution in [0.4, 0.5) is 5.69 Å². The number of benzene rings is 1. The highest BCUT2D eigenvalue weighted by atomic mass is 35.5. The van der Waals surface area contributed by atoms with Gasteiger partial charge in [0.25, 0.3) is 5.91 Å². The van der Waals surface area contributed by atoms with Gasteiger partial charge in [-0.3, -0.25) is 14.5 Å². The highest BCUT2D eigenvalue weighted by molar-refractivity contribution is 6.31. The Balaban J connectivity index is 1.62. The predicted octanol–water partition coefficient (Wildman–Crippen LogP) is 4.43. The van der Waals surface area contributed by atoms with Gasteiger partial charge in [-0.15, -0.1) is 0 Å². The van der Waals surface area contributed by atoms with Crippen molar-refractivity contribution in [3.63, 3.8) is 0 Å². The molecule has 1 aromatic heterocycles. The van der Waals surface area contributed by atoms with Crippen molar-refractivity contribution < 1.29 is 14.3 Å². The highest BCUT2D eigenvalue weighted by Crippen LogP contribution is 2.39. The van der Waals surface area contributed by atoms with E-state index in [9.17, 15) is 9.59 Å². The molecular formula is C22H24ClN3O3. The molecule has 7 heteroatoms. The minimum Gasteiger partial charge on any atom is -0.436 e. The Kier molecular flexibility index (Phi) is 5.46. The molecule has 0 spiro atoms. The average Bonchev–Trinajstić information content (AvgIpc) is 2.81. The van der Waals surface area contributed by atoms with Gasteiger partial charge in [0.05, 0.1) is 5.69 Å². The quantitative estimate of drug-likeness (QED) is 0.808. The fourth-order valence-electron chi connectivity index (χ4n) is 4.12. The van der Waals surface area contributed by atoms with Crippen molar-refractivity contribution in [2.24, 2.45) is 11.8 Å². The minimum atomic E-state index is -0.339. The summed E-state index contributed by atoms with van der Waals surface area (Å²) >= 11 is 6.17. The van der Waals surface area contributed by atoms with Crippen molar-refractivity contribution in [1.82, 2.24) is 10.3 Å². The van der Waals surface area contributed by atoms with Crippen LogP contribution in [0, 0.1) is 11.8 Å². The molecule has 29 heavy (non-hydrogen) atoms. The predicted molar refractivity (Wildman–Crippen MR) is 112 cm³/mol. The number of nitrogens with one attached hydrogen (secondary N) is 1. The van der Waals surface area contributed by atoms with E-state index in [0.717, 1.165) is 12.8 Å². The number of rotatable bonds is 3. The summed E-state index contributed by atoms with van der Waals surface area (Å²) in [5.74, 6) is 1.10. The van der Waals surface area contributed by atoms with E-state index in [1.807, 2.05) is 0 Å². The van der Waals surface area contributed by atoms with Crippen molar-refractivity contribution in [1.29, 1.82) is 0 Å². The Morgan fingerprint density at radius 1 is 1.31 bits per heavy atom. The molecule has 2 amide bonds. The van der Waals surface area contributed by atoms with E-state index in [1.54, 1.807) is 36.5 Å². The Bertz CT molecular complexity index is 949. The van der Waals surface area contributed by atoms with Gasteiger partial charge in [0.1, 0.15) is 12.1 Å². The van der Waals surface area contributed by atoms with E-state index >= 15 is 0 Å². The number of nitrogens with zero attached hydrogens (tertiary/aromatic N) is 2. The molecule has 1 N–H and O–H groups in total. The van der Waals surface area contributed by atoms with Crippen LogP contribution in [0.3, 0.4) is 0 Å². The Labute approximate surface area is 175 Å². The molecule has 6 nitrogen and oxygen atoms in total. The molecule has 4 rings (SSSR count). The Morgan fingerprint density at radius 2 is 2.14 bits per heavy atom. The molecule has 1 aromatic carbocycles. The van der Waals surface area contributed by atoms with Crippen LogP contribution >= 0.6 is 11.6 Å². The number of pyridine rings is 1. The second kappa shape index (κ2) is 8.03. The summed E-state index contributed by atoms with van der Waals surface area (Å²) in [6.07, 6.45) is 4.81. The second-order valence-corrected chi connectivity index (χ2v) is 8.34. The molecule has 1 aliphatic heterocycles. The van der Waals surface area contributed by atoms with Crippen molar-refractivity contribution in [3.8, 4) is 11.6 Å². The molecule has 2 aromatic rings.